The van der Waals surface area contributed by atoms with E-state index in [1.807, 2.05) is 18.5 Å². The fraction of sp³-hybridized carbons (Fsp3) is 0.350. The van der Waals surface area contributed by atoms with E-state index in [9.17, 15) is 4.39 Å². The lowest BCUT2D eigenvalue weighted by molar-refractivity contribution is 0.627. The molecule has 0 spiro atoms. The molecule has 3 rings (SSSR count). The Morgan fingerprint density at radius 3 is 2.57 bits per heavy atom. The Kier molecular flexibility index (Phi) is 7.13. The number of aryl methyl sites for hydroxylation is 1. The van der Waals surface area contributed by atoms with Crippen molar-refractivity contribution in [3.05, 3.63) is 64.1 Å². The third-order valence-corrected chi connectivity index (χ3v) is 5.42. The van der Waals surface area contributed by atoms with Gasteiger partial charge >= 0.3 is 0 Å². The SMILES string of the molecule is CCc1cnc(CCNC(=NC)NCCc2ccn(-c3ccc(F)cc3)n2)s1. The van der Waals surface area contributed by atoms with Crippen molar-refractivity contribution in [1.82, 2.24) is 25.4 Å². The van der Waals surface area contributed by atoms with E-state index in [2.05, 4.69) is 32.6 Å². The number of benzene rings is 1. The number of aliphatic imine (C=N–C) groups is 1. The van der Waals surface area contributed by atoms with E-state index < -0.39 is 0 Å². The molecule has 0 aliphatic carbocycles. The summed E-state index contributed by atoms with van der Waals surface area (Å²) in [5.41, 5.74) is 1.80. The van der Waals surface area contributed by atoms with Gasteiger partial charge in [-0.2, -0.15) is 5.10 Å². The monoisotopic (exact) mass is 400 g/mol. The highest BCUT2D eigenvalue weighted by Gasteiger charge is 2.04. The van der Waals surface area contributed by atoms with Gasteiger partial charge in [-0.1, -0.05) is 6.92 Å². The minimum Gasteiger partial charge on any atom is -0.356 e. The van der Waals surface area contributed by atoms with E-state index in [1.165, 1.54) is 17.0 Å². The predicted octanol–water partition coefficient (Wildman–Crippen LogP) is 2.98. The number of nitrogens with zero attached hydrogens (tertiary/aromatic N) is 4. The number of aromatic nitrogens is 3. The van der Waals surface area contributed by atoms with Gasteiger partial charge in [-0.15, -0.1) is 11.3 Å². The molecule has 148 valence electrons. The van der Waals surface area contributed by atoms with Crippen molar-refractivity contribution in [2.75, 3.05) is 20.1 Å². The molecule has 1 aromatic carbocycles. The average molecular weight is 401 g/mol. The molecule has 2 aromatic heterocycles. The van der Waals surface area contributed by atoms with Crippen molar-refractivity contribution in [2.24, 2.45) is 4.99 Å². The third-order valence-electron chi connectivity index (χ3n) is 4.21. The number of hydrogen-bond donors (Lipinski definition) is 2. The van der Waals surface area contributed by atoms with Gasteiger partial charge < -0.3 is 10.6 Å². The lowest BCUT2D eigenvalue weighted by atomic mass is 10.3. The molecule has 0 aliphatic heterocycles. The van der Waals surface area contributed by atoms with Crippen molar-refractivity contribution in [3.8, 4) is 5.69 Å². The van der Waals surface area contributed by atoms with Gasteiger partial charge in [0.25, 0.3) is 0 Å². The fourth-order valence-electron chi connectivity index (χ4n) is 2.68. The standard InChI is InChI=1S/C20H25FN6S/c1-3-18-14-25-19(28-18)9-12-24-20(22-2)23-11-8-16-10-13-27(26-16)17-6-4-15(21)5-7-17/h4-7,10,13-14H,3,8-9,11-12H2,1-2H3,(H2,22,23,24). The van der Waals surface area contributed by atoms with E-state index in [0.29, 0.717) is 0 Å². The molecule has 28 heavy (non-hydrogen) atoms. The van der Waals surface area contributed by atoms with Gasteiger partial charge in [-0.3, -0.25) is 4.99 Å². The van der Waals surface area contributed by atoms with Crippen LogP contribution >= 0.6 is 11.3 Å². The second kappa shape index (κ2) is 9.98. The van der Waals surface area contributed by atoms with Crippen LogP contribution in [0.25, 0.3) is 5.69 Å². The van der Waals surface area contributed by atoms with Crippen molar-refractivity contribution in [2.45, 2.75) is 26.2 Å². The number of halogens is 1. The van der Waals surface area contributed by atoms with Crippen molar-refractivity contribution >= 4 is 17.3 Å². The van der Waals surface area contributed by atoms with Crippen molar-refractivity contribution < 1.29 is 4.39 Å². The zero-order valence-corrected chi connectivity index (χ0v) is 17.0. The first kappa shape index (κ1) is 20.0. The fourth-order valence-corrected chi connectivity index (χ4v) is 3.54. The number of rotatable bonds is 8. The summed E-state index contributed by atoms with van der Waals surface area (Å²) in [6, 6.07) is 8.25. The maximum atomic E-state index is 13.0. The molecule has 2 N–H and O–H groups in total. The summed E-state index contributed by atoms with van der Waals surface area (Å²) >= 11 is 1.77. The van der Waals surface area contributed by atoms with E-state index in [1.54, 1.807) is 35.2 Å². The minimum absolute atomic E-state index is 0.250. The van der Waals surface area contributed by atoms with Crippen LogP contribution in [0.2, 0.25) is 0 Å². The van der Waals surface area contributed by atoms with Crippen LogP contribution in [-0.4, -0.2) is 40.9 Å². The molecule has 0 atom stereocenters. The van der Waals surface area contributed by atoms with Crippen LogP contribution in [0.3, 0.4) is 0 Å². The molecule has 6 nitrogen and oxygen atoms in total. The van der Waals surface area contributed by atoms with Crippen LogP contribution in [-0.2, 0) is 19.3 Å². The summed E-state index contributed by atoms with van der Waals surface area (Å²) in [5.74, 6) is 0.519. The van der Waals surface area contributed by atoms with Crippen LogP contribution in [0.5, 0.6) is 0 Å². The van der Waals surface area contributed by atoms with Crippen LogP contribution in [0, 0.1) is 5.82 Å². The number of nitrogens with one attached hydrogen (secondary N) is 2. The first-order valence-corrected chi connectivity index (χ1v) is 10.2. The summed E-state index contributed by atoms with van der Waals surface area (Å²) in [7, 11) is 1.76. The molecule has 0 fully saturated rings. The average Bonchev–Trinajstić information content (AvgIpc) is 3.37. The third kappa shape index (κ3) is 5.63. The van der Waals surface area contributed by atoms with Crippen LogP contribution in [0.15, 0.2) is 47.7 Å². The number of hydrogen-bond acceptors (Lipinski definition) is 4. The van der Waals surface area contributed by atoms with Gasteiger partial charge in [0.05, 0.1) is 16.4 Å². The minimum atomic E-state index is -0.250. The summed E-state index contributed by atoms with van der Waals surface area (Å²) in [6.07, 6.45) is 6.52. The molecule has 0 radical (unpaired) electrons. The van der Waals surface area contributed by atoms with Gasteiger partial charge in [0, 0.05) is 50.2 Å². The molecule has 0 amide bonds. The molecular formula is C20H25FN6S. The lowest BCUT2D eigenvalue weighted by Gasteiger charge is -2.10. The second-order valence-corrected chi connectivity index (χ2v) is 7.43. The molecule has 0 saturated carbocycles. The first-order valence-electron chi connectivity index (χ1n) is 9.36. The predicted molar refractivity (Wildman–Crippen MR) is 112 cm³/mol. The number of guanidine groups is 1. The molecule has 0 unspecified atom stereocenters. The van der Waals surface area contributed by atoms with Crippen LogP contribution in [0.1, 0.15) is 22.5 Å². The van der Waals surface area contributed by atoms with Crippen molar-refractivity contribution in [3.63, 3.8) is 0 Å². The molecule has 0 bridgehead atoms. The van der Waals surface area contributed by atoms with E-state index in [4.69, 9.17) is 0 Å². The lowest BCUT2D eigenvalue weighted by Crippen LogP contribution is -2.39. The summed E-state index contributed by atoms with van der Waals surface area (Å²) in [4.78, 5) is 10.00. The van der Waals surface area contributed by atoms with Crippen molar-refractivity contribution in [1.29, 1.82) is 0 Å². The Morgan fingerprint density at radius 1 is 1.14 bits per heavy atom. The summed E-state index contributed by atoms with van der Waals surface area (Å²) in [5, 5.41) is 12.3. The summed E-state index contributed by atoms with van der Waals surface area (Å²) < 4.78 is 14.8. The zero-order valence-electron chi connectivity index (χ0n) is 16.2. The maximum Gasteiger partial charge on any atom is 0.191 e. The largest absolute Gasteiger partial charge is 0.356 e. The van der Waals surface area contributed by atoms with Crippen LogP contribution < -0.4 is 10.6 Å². The van der Waals surface area contributed by atoms with Gasteiger partial charge in [0.2, 0.25) is 0 Å². The Hall–Kier alpha value is -2.74. The maximum absolute atomic E-state index is 13.0. The van der Waals surface area contributed by atoms with Crippen LogP contribution in [0.4, 0.5) is 4.39 Å². The second-order valence-electron chi connectivity index (χ2n) is 6.23. The van der Waals surface area contributed by atoms with E-state index in [0.717, 1.165) is 54.7 Å². The Morgan fingerprint density at radius 2 is 1.89 bits per heavy atom. The molecule has 0 saturated heterocycles. The highest BCUT2D eigenvalue weighted by Crippen LogP contribution is 2.13. The zero-order chi connectivity index (χ0) is 19.8. The number of thiazole rings is 1. The Labute approximate surface area is 168 Å². The molecule has 0 aliphatic rings. The highest BCUT2D eigenvalue weighted by molar-refractivity contribution is 7.11. The summed E-state index contributed by atoms with van der Waals surface area (Å²) in [6.45, 7) is 3.65. The quantitative estimate of drug-likeness (QED) is 0.451. The van der Waals surface area contributed by atoms with E-state index >= 15 is 0 Å². The molecule has 2 heterocycles. The topological polar surface area (TPSA) is 67.1 Å². The molecule has 3 aromatic rings. The molecule has 8 heteroatoms. The van der Waals surface area contributed by atoms with Gasteiger partial charge in [-0.25, -0.2) is 14.1 Å². The Balaban J connectivity index is 1.41. The highest BCUT2D eigenvalue weighted by atomic mass is 32.1. The smallest absolute Gasteiger partial charge is 0.191 e. The molecular weight excluding hydrogens is 375 g/mol. The normalized spacial score (nSPS) is 11.6. The van der Waals surface area contributed by atoms with Gasteiger partial charge in [-0.05, 0) is 36.8 Å². The van der Waals surface area contributed by atoms with Gasteiger partial charge in [0.15, 0.2) is 5.96 Å². The first-order chi connectivity index (χ1) is 13.7. The van der Waals surface area contributed by atoms with Gasteiger partial charge in [0.1, 0.15) is 5.82 Å². The van der Waals surface area contributed by atoms with E-state index in [-0.39, 0.29) is 5.82 Å². The Bertz CT molecular complexity index is 900.